The third-order valence-corrected chi connectivity index (χ3v) is 0.817. The molecule has 0 atom stereocenters. The second-order valence-corrected chi connectivity index (χ2v) is 1.27. The van der Waals surface area contributed by atoms with E-state index in [0.717, 1.165) is 0 Å². The van der Waals surface area contributed by atoms with E-state index in [4.69, 9.17) is 11.6 Å². The Hall–Kier alpha value is -0.570. The van der Waals surface area contributed by atoms with Crippen molar-refractivity contribution in [1.29, 1.82) is 0 Å². The summed E-state index contributed by atoms with van der Waals surface area (Å²) in [5.41, 5.74) is 2.01. The second kappa shape index (κ2) is 1.93. The van der Waals surface area contributed by atoms with Crippen LogP contribution in [0, 0.1) is 0 Å². The van der Waals surface area contributed by atoms with Crippen molar-refractivity contribution in [3.63, 3.8) is 0 Å². The van der Waals surface area contributed by atoms with E-state index in [1.54, 1.807) is 0 Å². The van der Waals surface area contributed by atoms with Crippen LogP contribution in [0.5, 0.6) is 0 Å². The van der Waals surface area contributed by atoms with Crippen LogP contribution in [-0.4, -0.2) is 6.61 Å². The van der Waals surface area contributed by atoms with Crippen molar-refractivity contribution in [3.05, 3.63) is 11.2 Å². The van der Waals surface area contributed by atoms with E-state index < -0.39 is 0 Å². The molecule has 0 saturated heterocycles. The van der Waals surface area contributed by atoms with E-state index in [0.29, 0.717) is 12.3 Å². The molecule has 0 aliphatic carbocycles. The summed E-state index contributed by atoms with van der Waals surface area (Å²) in [5, 5.41) is 6.69. The molecule has 0 aromatic carbocycles. The summed E-state index contributed by atoms with van der Waals surface area (Å²) in [6.45, 7) is 0.406. The van der Waals surface area contributed by atoms with Crippen LogP contribution >= 0.6 is 11.6 Å². The zero-order valence-electron chi connectivity index (χ0n) is 3.47. The predicted molar refractivity (Wildman–Crippen MR) is 24.7 cm³/mol. The minimum Gasteiger partial charge on any atom is -0.373 e. The smallest absolute Gasteiger partial charge is 0.163 e. The van der Waals surface area contributed by atoms with Gasteiger partial charge in [0, 0.05) is 10.8 Å². The maximum Gasteiger partial charge on any atom is 0.163 e. The van der Waals surface area contributed by atoms with E-state index in [9.17, 15) is 0 Å². The summed E-state index contributed by atoms with van der Waals surface area (Å²) < 4.78 is 0. The van der Waals surface area contributed by atoms with Gasteiger partial charge in [0.05, 0.1) is 0 Å². The van der Waals surface area contributed by atoms with Gasteiger partial charge in [-0.3, -0.25) is 0 Å². The average molecular weight is 119 g/mol. The number of hydrogen-bond donors (Lipinski definition) is 0. The van der Waals surface area contributed by atoms with E-state index in [1.807, 2.05) is 0 Å². The lowest BCUT2D eigenvalue weighted by atomic mass is 10.6. The highest BCUT2D eigenvalue weighted by Crippen LogP contribution is 2.07. The summed E-state index contributed by atoms with van der Waals surface area (Å²) >= 11 is 5.21. The van der Waals surface area contributed by atoms with Gasteiger partial charge in [-0.25, -0.2) is 0 Å². The standard InChI is InChI=1S/C3H3ClN2O/c4-1-3-2-7-6-5-3/h1H,2H2. The maximum absolute atomic E-state index is 5.21. The lowest BCUT2D eigenvalue weighted by Gasteiger charge is -1.78. The van der Waals surface area contributed by atoms with Gasteiger partial charge in [-0.2, -0.15) is 0 Å². The Morgan fingerprint density at radius 3 is 3.00 bits per heavy atom. The molecule has 0 fully saturated rings. The minimum absolute atomic E-state index is 0.406. The van der Waals surface area contributed by atoms with Crippen LogP contribution in [0.4, 0.5) is 0 Å². The largest absolute Gasteiger partial charge is 0.373 e. The quantitative estimate of drug-likeness (QED) is 0.474. The molecule has 1 aliphatic heterocycles. The lowest BCUT2D eigenvalue weighted by molar-refractivity contribution is 0.180. The van der Waals surface area contributed by atoms with Crippen LogP contribution < -0.4 is 0 Å². The molecule has 0 N–H and O–H groups in total. The molecule has 0 bridgehead atoms. The van der Waals surface area contributed by atoms with Gasteiger partial charge >= 0.3 is 0 Å². The highest BCUT2D eigenvalue weighted by Gasteiger charge is 1.99. The van der Waals surface area contributed by atoms with Gasteiger partial charge in [-0.1, -0.05) is 11.6 Å². The van der Waals surface area contributed by atoms with Gasteiger partial charge < -0.3 is 4.84 Å². The Bertz CT molecular complexity index is 117. The Kier molecular flexibility index (Phi) is 1.26. The van der Waals surface area contributed by atoms with E-state index in [1.165, 1.54) is 5.54 Å². The van der Waals surface area contributed by atoms with Gasteiger partial charge in [-0.05, 0) is 0 Å². The molecule has 0 aromatic rings. The van der Waals surface area contributed by atoms with E-state index in [2.05, 4.69) is 15.2 Å². The fraction of sp³-hybridized carbons (Fsp3) is 0.333. The molecule has 7 heavy (non-hydrogen) atoms. The Morgan fingerprint density at radius 1 is 1.86 bits per heavy atom. The predicted octanol–water partition coefficient (Wildman–Crippen LogP) is 1.46. The Labute approximate surface area is 45.6 Å². The third-order valence-electron chi connectivity index (χ3n) is 0.565. The van der Waals surface area contributed by atoms with Gasteiger partial charge in [0.2, 0.25) is 0 Å². The number of halogens is 1. The van der Waals surface area contributed by atoms with Crippen LogP contribution in [0.25, 0.3) is 0 Å². The average Bonchev–Trinajstić information content (AvgIpc) is 2.14. The fourth-order valence-electron chi connectivity index (χ4n) is 0.258. The highest BCUT2D eigenvalue weighted by molar-refractivity contribution is 6.25. The molecule has 0 aromatic heterocycles. The van der Waals surface area contributed by atoms with Crippen molar-refractivity contribution in [2.45, 2.75) is 0 Å². The molecule has 3 nitrogen and oxygen atoms in total. The van der Waals surface area contributed by atoms with Gasteiger partial charge in [-0.15, -0.1) is 5.11 Å². The molecular weight excluding hydrogens is 115 g/mol. The third kappa shape index (κ3) is 0.899. The van der Waals surface area contributed by atoms with Crippen LogP contribution in [-0.2, 0) is 4.84 Å². The monoisotopic (exact) mass is 118 g/mol. The van der Waals surface area contributed by atoms with Gasteiger partial charge in [0.15, 0.2) is 6.61 Å². The molecule has 1 aliphatic rings. The number of rotatable bonds is 0. The molecule has 38 valence electrons. The number of nitrogens with zero attached hydrogens (tertiary/aromatic N) is 2. The van der Waals surface area contributed by atoms with Crippen LogP contribution in [0.2, 0.25) is 0 Å². The zero-order valence-corrected chi connectivity index (χ0v) is 4.22. The Morgan fingerprint density at radius 2 is 2.71 bits per heavy atom. The van der Waals surface area contributed by atoms with Crippen molar-refractivity contribution in [1.82, 2.24) is 0 Å². The lowest BCUT2D eigenvalue weighted by Crippen LogP contribution is -1.77. The molecule has 1 rings (SSSR count). The minimum atomic E-state index is 0.406. The van der Waals surface area contributed by atoms with Crippen LogP contribution in [0.3, 0.4) is 0 Å². The SMILES string of the molecule is ClC=C1CON=N1. The molecule has 0 amide bonds. The van der Waals surface area contributed by atoms with Gasteiger partial charge in [0.1, 0.15) is 5.70 Å². The molecule has 4 heteroatoms. The molecular formula is C3H3ClN2O. The summed E-state index contributed by atoms with van der Waals surface area (Å²) in [5.74, 6) is 0. The summed E-state index contributed by atoms with van der Waals surface area (Å²) in [4.78, 5) is 4.45. The van der Waals surface area contributed by atoms with Crippen molar-refractivity contribution >= 4 is 11.6 Å². The first kappa shape index (κ1) is 4.59. The normalized spacial score (nSPS) is 23.3. The fourth-order valence-corrected chi connectivity index (χ4v) is 0.365. The van der Waals surface area contributed by atoms with Crippen LogP contribution in [0.15, 0.2) is 21.6 Å². The molecule has 0 radical (unpaired) electrons. The first-order valence-electron chi connectivity index (χ1n) is 1.76. The zero-order chi connectivity index (χ0) is 5.11. The summed E-state index contributed by atoms with van der Waals surface area (Å²) in [7, 11) is 0. The molecule has 1 heterocycles. The van der Waals surface area contributed by atoms with Crippen molar-refractivity contribution in [2.24, 2.45) is 10.4 Å². The van der Waals surface area contributed by atoms with E-state index >= 15 is 0 Å². The first-order valence-corrected chi connectivity index (χ1v) is 2.19. The molecule has 0 saturated carbocycles. The summed E-state index contributed by atoms with van der Waals surface area (Å²) in [6.07, 6.45) is 0. The number of hydrogen-bond acceptors (Lipinski definition) is 3. The van der Waals surface area contributed by atoms with Crippen molar-refractivity contribution < 1.29 is 4.84 Å². The van der Waals surface area contributed by atoms with Crippen molar-refractivity contribution in [3.8, 4) is 0 Å². The Balaban J connectivity index is 2.59. The van der Waals surface area contributed by atoms with E-state index in [-0.39, 0.29) is 0 Å². The van der Waals surface area contributed by atoms with Crippen LogP contribution in [0.1, 0.15) is 0 Å². The highest BCUT2D eigenvalue weighted by atomic mass is 35.5. The maximum atomic E-state index is 5.21. The van der Waals surface area contributed by atoms with Crippen molar-refractivity contribution in [2.75, 3.05) is 6.61 Å². The summed E-state index contributed by atoms with van der Waals surface area (Å²) in [6, 6.07) is 0. The molecule has 0 unspecified atom stereocenters. The topological polar surface area (TPSA) is 34.0 Å². The van der Waals surface area contributed by atoms with Gasteiger partial charge in [0.25, 0.3) is 0 Å². The first-order chi connectivity index (χ1) is 3.43. The second-order valence-electron chi connectivity index (χ2n) is 1.06. The molecule has 0 spiro atoms.